The van der Waals surface area contributed by atoms with Crippen molar-refractivity contribution in [1.29, 1.82) is 0 Å². The third-order valence-corrected chi connectivity index (χ3v) is 10.5. The number of benzene rings is 2. The fourth-order valence-electron chi connectivity index (χ4n) is 6.02. The second kappa shape index (κ2) is 10.4. The summed E-state index contributed by atoms with van der Waals surface area (Å²) in [5.74, 6) is -16.5. The smallest absolute Gasteiger partial charge is 0.359 e. The number of thiophene rings is 1. The summed E-state index contributed by atoms with van der Waals surface area (Å²) in [6.07, 6.45) is -2.63. The van der Waals surface area contributed by atoms with Crippen LogP contribution in [0.5, 0.6) is 0 Å². The summed E-state index contributed by atoms with van der Waals surface area (Å²) in [7, 11) is 2.67. The van der Waals surface area contributed by atoms with Gasteiger partial charge in [0.25, 0.3) is 0 Å². The van der Waals surface area contributed by atoms with Crippen LogP contribution in [-0.2, 0) is 39.0 Å². The molecule has 3 aromatic rings. The number of alkyl halides is 6. The SMILES string of the molecule is COCO[C@@H](C)OC12Sc3ccccc3C1(O[C@@H](C)OCOC)C1=C(c3c2sc2ccccc32)C(F)(F)C(F)(F)C1(F)F. The van der Waals surface area contributed by atoms with E-state index < -0.39 is 57.6 Å². The number of hydrogen-bond acceptors (Lipinski definition) is 8. The topological polar surface area (TPSA) is 55.4 Å². The second-order valence-electron chi connectivity index (χ2n) is 10.2. The number of rotatable bonds is 10. The predicted molar refractivity (Wildman–Crippen MR) is 146 cm³/mol. The predicted octanol–water partition coefficient (Wildman–Crippen LogP) is 7.71. The summed E-state index contributed by atoms with van der Waals surface area (Å²) in [6.45, 7) is 2.16. The Hall–Kier alpha value is -2.17. The first-order chi connectivity index (χ1) is 20.3. The molecule has 2 unspecified atom stereocenters. The molecular formula is C29H26F6O6S2. The van der Waals surface area contributed by atoms with Gasteiger partial charge in [0.2, 0.25) is 0 Å². The first-order valence-electron chi connectivity index (χ1n) is 13.1. The molecule has 0 fully saturated rings. The zero-order chi connectivity index (χ0) is 31.0. The number of fused-ring (bicyclic) bond motifs is 9. The zero-order valence-corrected chi connectivity index (χ0v) is 24.9. The molecule has 4 atom stereocenters. The van der Waals surface area contributed by atoms with Gasteiger partial charge in [0, 0.05) is 45.9 Å². The van der Waals surface area contributed by atoms with Gasteiger partial charge in [-0.2, -0.15) is 26.3 Å². The van der Waals surface area contributed by atoms with E-state index in [1.807, 2.05) is 0 Å². The minimum atomic E-state index is -5.81. The van der Waals surface area contributed by atoms with Crippen molar-refractivity contribution in [2.24, 2.45) is 0 Å². The molecule has 6 rings (SSSR count). The molecule has 0 saturated carbocycles. The van der Waals surface area contributed by atoms with Gasteiger partial charge in [-0.1, -0.05) is 48.2 Å². The highest BCUT2D eigenvalue weighted by Gasteiger charge is 2.87. The molecule has 0 bridgehead atoms. The Labute approximate surface area is 250 Å². The van der Waals surface area contributed by atoms with Crippen LogP contribution in [0.2, 0.25) is 0 Å². The van der Waals surface area contributed by atoms with Crippen molar-refractivity contribution in [3.63, 3.8) is 0 Å². The molecule has 232 valence electrons. The van der Waals surface area contributed by atoms with Crippen LogP contribution in [0, 0.1) is 0 Å². The molecule has 1 aromatic heterocycles. The van der Waals surface area contributed by atoms with Gasteiger partial charge in [0.05, 0.1) is 10.5 Å². The lowest BCUT2D eigenvalue weighted by atomic mass is 9.71. The lowest BCUT2D eigenvalue weighted by molar-refractivity contribution is -0.307. The van der Waals surface area contributed by atoms with Gasteiger partial charge in [-0.3, -0.25) is 0 Å². The second-order valence-corrected chi connectivity index (χ2v) is 12.5. The summed E-state index contributed by atoms with van der Waals surface area (Å²) >= 11 is 1.87. The summed E-state index contributed by atoms with van der Waals surface area (Å²) in [5.41, 5.74) is -6.33. The molecule has 14 heteroatoms. The number of halogens is 6. The molecule has 0 N–H and O–H groups in total. The Balaban J connectivity index is 1.78. The van der Waals surface area contributed by atoms with Crippen LogP contribution in [0.4, 0.5) is 26.3 Å². The summed E-state index contributed by atoms with van der Waals surface area (Å²) < 4.78 is 130. The Morgan fingerprint density at radius 2 is 1.37 bits per heavy atom. The monoisotopic (exact) mass is 648 g/mol. The summed E-state index contributed by atoms with van der Waals surface area (Å²) in [6, 6.07) is 12.2. The van der Waals surface area contributed by atoms with Crippen molar-refractivity contribution >= 4 is 38.8 Å². The van der Waals surface area contributed by atoms with E-state index in [2.05, 4.69) is 0 Å². The number of ether oxygens (including phenoxy) is 6. The van der Waals surface area contributed by atoms with E-state index in [4.69, 9.17) is 28.4 Å². The van der Waals surface area contributed by atoms with Crippen LogP contribution in [0.1, 0.15) is 29.9 Å². The molecular weight excluding hydrogens is 622 g/mol. The van der Waals surface area contributed by atoms with Crippen molar-refractivity contribution in [2.45, 2.75) is 59.6 Å². The summed E-state index contributed by atoms with van der Waals surface area (Å²) in [4.78, 5) is -1.87. The number of methoxy groups -OCH3 is 2. The van der Waals surface area contributed by atoms with E-state index in [0.29, 0.717) is 9.60 Å². The third kappa shape index (κ3) is 3.97. The van der Waals surface area contributed by atoms with Crippen LogP contribution < -0.4 is 0 Å². The van der Waals surface area contributed by atoms with E-state index in [1.54, 1.807) is 24.3 Å². The lowest BCUT2D eigenvalue weighted by Gasteiger charge is -2.50. The molecule has 0 saturated heterocycles. The number of hydrogen-bond donors (Lipinski definition) is 0. The minimum absolute atomic E-state index is 0.00590. The van der Waals surface area contributed by atoms with Gasteiger partial charge in [0.1, 0.15) is 13.6 Å². The maximum absolute atomic E-state index is 16.4. The van der Waals surface area contributed by atoms with Crippen molar-refractivity contribution in [3.8, 4) is 0 Å². The average molecular weight is 649 g/mol. The van der Waals surface area contributed by atoms with Gasteiger partial charge in [-0.15, -0.1) is 11.3 Å². The van der Waals surface area contributed by atoms with E-state index >= 15 is 26.3 Å². The molecule has 0 radical (unpaired) electrons. The highest BCUT2D eigenvalue weighted by Crippen LogP contribution is 2.78. The van der Waals surface area contributed by atoms with Crippen LogP contribution in [-0.4, -0.2) is 58.2 Å². The normalized spacial score (nSPS) is 27.5. The third-order valence-electron chi connectivity index (χ3n) is 7.66. The van der Waals surface area contributed by atoms with Gasteiger partial charge < -0.3 is 28.4 Å². The molecule has 0 spiro atoms. The Kier molecular flexibility index (Phi) is 7.49. The highest BCUT2D eigenvalue weighted by atomic mass is 32.2. The largest absolute Gasteiger partial charge is 0.380 e. The van der Waals surface area contributed by atoms with Gasteiger partial charge in [-0.05, 0) is 26.0 Å². The van der Waals surface area contributed by atoms with E-state index in [9.17, 15) is 0 Å². The first kappa shape index (κ1) is 30.8. The Bertz CT molecular complexity index is 1590. The van der Waals surface area contributed by atoms with Gasteiger partial charge >= 0.3 is 17.8 Å². The number of allylic oxidation sites excluding steroid dienone is 1. The fraction of sp³-hybridized carbons (Fsp3) is 0.448. The first-order valence-corrected chi connectivity index (χ1v) is 14.7. The minimum Gasteiger partial charge on any atom is -0.359 e. The maximum Gasteiger partial charge on any atom is 0.380 e. The van der Waals surface area contributed by atoms with Crippen molar-refractivity contribution in [2.75, 3.05) is 27.8 Å². The molecule has 1 aliphatic heterocycles. The number of thioether (sulfide) groups is 1. The standard InChI is InChI=1S/C29H26F6O6S2/c1-15(38-13-36-3)40-25-18-10-6-8-12-20(18)43-28(25,41-16(2)39-14-37-4)24-21(17-9-5-7-11-19(17)42-24)22-23(25)27(32,33)29(34,35)26(22,30)31/h5-12,15-16H,13-14H2,1-4H3/t15-,16+,25?,28?/m0/s1. The van der Waals surface area contributed by atoms with Gasteiger partial charge in [0.15, 0.2) is 23.1 Å². The lowest BCUT2D eigenvalue weighted by Crippen LogP contribution is -2.58. The van der Waals surface area contributed by atoms with E-state index in [-0.39, 0.29) is 29.4 Å². The van der Waals surface area contributed by atoms with Gasteiger partial charge in [-0.25, -0.2) is 0 Å². The molecule has 3 aliphatic rings. The van der Waals surface area contributed by atoms with Crippen molar-refractivity contribution < 1.29 is 54.8 Å². The zero-order valence-electron chi connectivity index (χ0n) is 23.2. The average Bonchev–Trinajstić information content (AvgIpc) is 3.51. The molecule has 0 amide bonds. The van der Waals surface area contributed by atoms with Crippen molar-refractivity contribution in [1.82, 2.24) is 0 Å². The highest BCUT2D eigenvalue weighted by molar-refractivity contribution is 8.00. The fourth-order valence-corrected chi connectivity index (χ4v) is 9.12. The molecule has 43 heavy (non-hydrogen) atoms. The maximum atomic E-state index is 16.4. The van der Waals surface area contributed by atoms with Crippen molar-refractivity contribution in [3.05, 3.63) is 70.1 Å². The molecule has 6 nitrogen and oxygen atoms in total. The van der Waals surface area contributed by atoms with Crippen LogP contribution in [0.15, 0.2) is 59.0 Å². The van der Waals surface area contributed by atoms with E-state index in [0.717, 1.165) is 23.1 Å². The van der Waals surface area contributed by atoms with Crippen LogP contribution in [0.3, 0.4) is 0 Å². The molecule has 2 aromatic carbocycles. The quantitative estimate of drug-likeness (QED) is 0.165. The molecule has 2 heterocycles. The van der Waals surface area contributed by atoms with E-state index in [1.165, 1.54) is 52.3 Å². The Morgan fingerprint density at radius 1 is 0.767 bits per heavy atom. The molecule has 2 aliphatic carbocycles. The summed E-state index contributed by atoms with van der Waals surface area (Å²) in [5, 5.41) is 0.102. The van der Waals surface area contributed by atoms with Crippen LogP contribution >= 0.6 is 23.1 Å². The van der Waals surface area contributed by atoms with Crippen LogP contribution in [0.25, 0.3) is 15.7 Å². The Morgan fingerprint density at radius 3 is 2.05 bits per heavy atom.